The number of alkyl carbamates (subject to hydrolysis) is 1. The molecule has 4 aromatic carbocycles. The number of terminal acetylenes is 2. The molecule has 3 heterocycles. The molecule has 1 aliphatic rings. The van der Waals surface area contributed by atoms with Gasteiger partial charge in [0.2, 0.25) is 11.8 Å². The first-order valence-corrected chi connectivity index (χ1v) is 22.9. The zero-order valence-corrected chi connectivity index (χ0v) is 41.8. The molecule has 7 rings (SSSR count). The zero-order chi connectivity index (χ0) is 51.9. The van der Waals surface area contributed by atoms with Gasteiger partial charge in [0.05, 0.1) is 50.2 Å². The number of carbonyl (C=O) groups is 4. The second-order valence-corrected chi connectivity index (χ2v) is 16.7. The number of nitrogens with one attached hydrogen (secondary N) is 3. The SMILES string of the molecule is C#C.C#C.CCCN(Cc1nc2c(ccc3cc4c(cc32)OCc2cc(-c3cnc(CN(CC(C)C)C(=O)C[C@@H](C)CC)[nH]3)ccc2-4)[nH]1)C(=O)[C@H](NC(=O)OC)c1ccccc1.COC.COC(N)=O. The molecule has 0 radical (unpaired) electrons. The molecule has 0 aliphatic carbocycles. The fraction of sp³-hybridized carbons (Fsp3) is 0.370. The van der Waals surface area contributed by atoms with E-state index >= 15 is 0 Å². The van der Waals surface area contributed by atoms with Crippen LogP contribution in [0.5, 0.6) is 5.75 Å². The molecule has 372 valence electrons. The van der Waals surface area contributed by atoms with Crippen molar-refractivity contribution < 1.29 is 38.1 Å². The molecule has 70 heavy (non-hydrogen) atoms. The quantitative estimate of drug-likeness (QED) is 0.0717. The third-order valence-electron chi connectivity index (χ3n) is 11.0. The van der Waals surface area contributed by atoms with Gasteiger partial charge in [0.25, 0.3) is 0 Å². The van der Waals surface area contributed by atoms with Gasteiger partial charge in [-0.15, -0.1) is 25.7 Å². The summed E-state index contributed by atoms with van der Waals surface area (Å²) in [5.74, 6) is 2.80. The van der Waals surface area contributed by atoms with Crippen LogP contribution in [-0.2, 0) is 43.5 Å². The molecule has 0 spiro atoms. The normalized spacial score (nSPS) is 11.6. The minimum Gasteiger partial charge on any atom is -0.488 e. The third kappa shape index (κ3) is 15.3. The number of methoxy groups -OCH3 is 3. The summed E-state index contributed by atoms with van der Waals surface area (Å²) < 4.78 is 19.4. The Hall–Kier alpha value is -7.82. The van der Waals surface area contributed by atoms with E-state index in [9.17, 15) is 19.2 Å². The summed E-state index contributed by atoms with van der Waals surface area (Å²) in [6.07, 6.45) is 18.7. The number of hydrogen-bond acceptors (Lipinski definition) is 10. The molecule has 6 aromatic rings. The van der Waals surface area contributed by atoms with Crippen LogP contribution in [0.15, 0.2) is 79.0 Å². The van der Waals surface area contributed by atoms with E-state index in [0.717, 1.165) is 74.2 Å². The molecule has 4 amide bonds. The smallest absolute Gasteiger partial charge is 0.407 e. The van der Waals surface area contributed by atoms with Crippen molar-refractivity contribution >= 4 is 45.8 Å². The maximum atomic E-state index is 14.0. The summed E-state index contributed by atoms with van der Waals surface area (Å²) in [4.78, 5) is 69.0. The van der Waals surface area contributed by atoms with E-state index in [4.69, 9.17) is 14.5 Å². The van der Waals surface area contributed by atoms with Crippen LogP contribution in [0.3, 0.4) is 0 Å². The maximum Gasteiger partial charge on any atom is 0.407 e. The van der Waals surface area contributed by atoms with E-state index in [-0.39, 0.29) is 18.4 Å². The van der Waals surface area contributed by atoms with Crippen LogP contribution in [0.1, 0.15) is 82.7 Å². The zero-order valence-electron chi connectivity index (χ0n) is 41.8. The lowest BCUT2D eigenvalue weighted by molar-refractivity contribution is -0.134. The number of aromatic nitrogens is 4. The van der Waals surface area contributed by atoms with Crippen LogP contribution < -0.4 is 15.8 Å². The first-order chi connectivity index (χ1) is 33.7. The van der Waals surface area contributed by atoms with Gasteiger partial charge in [-0.2, -0.15) is 0 Å². The fourth-order valence-corrected chi connectivity index (χ4v) is 7.63. The van der Waals surface area contributed by atoms with E-state index in [0.29, 0.717) is 55.9 Å². The van der Waals surface area contributed by atoms with Crippen LogP contribution in [0.25, 0.3) is 44.2 Å². The Morgan fingerprint density at radius 1 is 0.843 bits per heavy atom. The highest BCUT2D eigenvalue weighted by molar-refractivity contribution is 6.07. The average molecular weight is 957 g/mol. The molecule has 5 N–H and O–H groups in total. The van der Waals surface area contributed by atoms with Gasteiger partial charge in [0.1, 0.15) is 30.0 Å². The van der Waals surface area contributed by atoms with Crippen molar-refractivity contribution in [2.45, 2.75) is 79.6 Å². The van der Waals surface area contributed by atoms with Gasteiger partial charge in [0, 0.05) is 44.7 Å². The summed E-state index contributed by atoms with van der Waals surface area (Å²) >= 11 is 0. The van der Waals surface area contributed by atoms with Gasteiger partial charge in [-0.05, 0) is 70.2 Å². The van der Waals surface area contributed by atoms with Gasteiger partial charge >= 0.3 is 12.2 Å². The van der Waals surface area contributed by atoms with Crippen LogP contribution >= 0.6 is 0 Å². The minimum atomic E-state index is -0.911. The minimum absolute atomic E-state index is 0.167. The number of rotatable bonds is 15. The summed E-state index contributed by atoms with van der Waals surface area (Å²) in [5, 5.41) is 4.68. The number of nitrogens with zero attached hydrogens (tertiary/aromatic N) is 4. The number of ether oxygens (including phenoxy) is 4. The highest BCUT2D eigenvalue weighted by Gasteiger charge is 2.29. The first kappa shape index (κ1) is 56.5. The molecule has 16 nitrogen and oxygen atoms in total. The summed E-state index contributed by atoms with van der Waals surface area (Å²) in [6.45, 7) is 12.8. The molecule has 1 aliphatic heterocycles. The van der Waals surface area contributed by atoms with E-state index in [2.05, 4.69) is 125 Å². The highest BCUT2D eigenvalue weighted by atomic mass is 16.5. The second-order valence-electron chi connectivity index (χ2n) is 16.7. The number of nitrogens with two attached hydrogens (primary N) is 1. The highest BCUT2D eigenvalue weighted by Crippen LogP contribution is 2.42. The van der Waals surface area contributed by atoms with Crippen LogP contribution in [0.2, 0.25) is 0 Å². The number of hydrogen-bond donors (Lipinski definition) is 4. The van der Waals surface area contributed by atoms with Crippen LogP contribution in [0, 0.1) is 37.5 Å². The summed E-state index contributed by atoms with van der Waals surface area (Å²) in [7, 11) is 5.76. The Kier molecular flexibility index (Phi) is 23.0. The molecule has 0 saturated carbocycles. The Bertz CT molecular complexity index is 2670. The molecular formula is C54H68N8O8. The molecule has 0 unspecified atom stereocenters. The molecular weight excluding hydrogens is 889 g/mol. The second kappa shape index (κ2) is 28.5. The van der Waals surface area contributed by atoms with Gasteiger partial charge < -0.3 is 49.8 Å². The number of benzene rings is 4. The Morgan fingerprint density at radius 2 is 1.51 bits per heavy atom. The molecule has 0 saturated heterocycles. The number of amides is 4. The van der Waals surface area contributed by atoms with Gasteiger partial charge in [-0.1, -0.05) is 89.6 Å². The number of H-pyrrole nitrogens is 2. The van der Waals surface area contributed by atoms with Crippen molar-refractivity contribution in [1.82, 2.24) is 35.1 Å². The van der Waals surface area contributed by atoms with Crippen molar-refractivity contribution in [3.05, 3.63) is 102 Å². The van der Waals surface area contributed by atoms with Crippen LogP contribution in [0.4, 0.5) is 9.59 Å². The first-order valence-electron chi connectivity index (χ1n) is 22.9. The number of fused-ring (bicyclic) bond motifs is 6. The van der Waals surface area contributed by atoms with Crippen molar-refractivity contribution in [3.63, 3.8) is 0 Å². The Balaban J connectivity index is 0.000000982. The van der Waals surface area contributed by atoms with Gasteiger partial charge in [-0.3, -0.25) is 9.59 Å². The largest absolute Gasteiger partial charge is 0.488 e. The molecule has 2 atom stereocenters. The van der Waals surface area contributed by atoms with E-state index in [1.807, 2.05) is 54.4 Å². The van der Waals surface area contributed by atoms with Crippen molar-refractivity contribution in [3.8, 4) is 53.8 Å². The molecule has 0 bridgehead atoms. The lowest BCUT2D eigenvalue weighted by Crippen LogP contribution is -2.43. The predicted molar refractivity (Wildman–Crippen MR) is 275 cm³/mol. The lowest BCUT2D eigenvalue weighted by atomic mass is 9.92. The van der Waals surface area contributed by atoms with E-state index in [1.165, 1.54) is 14.2 Å². The third-order valence-corrected chi connectivity index (χ3v) is 11.0. The van der Waals surface area contributed by atoms with Gasteiger partial charge in [-0.25, -0.2) is 19.6 Å². The summed E-state index contributed by atoms with van der Waals surface area (Å²) in [6, 6.07) is 22.9. The monoisotopic (exact) mass is 957 g/mol. The van der Waals surface area contributed by atoms with E-state index < -0.39 is 18.2 Å². The van der Waals surface area contributed by atoms with Crippen molar-refractivity contribution in [2.75, 3.05) is 41.5 Å². The van der Waals surface area contributed by atoms with Crippen LogP contribution in [-0.4, -0.2) is 95.3 Å². The average Bonchev–Trinajstić information content (AvgIpc) is 4.03. The van der Waals surface area contributed by atoms with Crippen molar-refractivity contribution in [1.29, 1.82) is 0 Å². The molecule has 0 fully saturated rings. The Labute approximate surface area is 412 Å². The Morgan fingerprint density at radius 3 is 2.13 bits per heavy atom. The standard InChI is InChI=1S/C46H53N7O5.C2H5NO2.C2H6O.2C2H2/c1-7-18-52(45(55)43(51-46(56)57-6)30-12-10-9-11-13-30)26-41-48-37-17-15-31-21-36-34-16-14-32(20-33(34)27-58-39(36)22-35(31)44(37)50-41)38-23-47-40(49-38)25-53(24-28(3)4)42(54)19-29(5)8-2;1-5-2(3)4;1-3-2;2*1-2/h9-17,20-23,28-29,43H,7-8,18-19,24-27H2,1-6H3,(H,47,49)(H,48,50)(H,51,56);1H3,(H2,3,4);1-2H3;2*1-2H/t29-,43+;;;;/m0..../s1. The topological polar surface area (TPSA) is 207 Å². The molecule has 16 heteroatoms. The maximum absolute atomic E-state index is 14.0. The predicted octanol–water partition coefficient (Wildman–Crippen LogP) is 9.40. The molecule has 2 aromatic heterocycles. The lowest BCUT2D eigenvalue weighted by Gasteiger charge is -2.27. The van der Waals surface area contributed by atoms with Gasteiger partial charge in [0.15, 0.2) is 0 Å². The number of aromatic amines is 2. The van der Waals surface area contributed by atoms with Crippen molar-refractivity contribution in [2.24, 2.45) is 17.6 Å². The number of primary amides is 1. The summed E-state index contributed by atoms with van der Waals surface area (Å²) in [5.41, 5.74) is 11.8. The van der Waals surface area contributed by atoms with E-state index in [1.54, 1.807) is 19.1 Å². The number of imidazole rings is 2. The number of carbonyl (C=O) groups excluding carboxylic acids is 4. The fourth-order valence-electron chi connectivity index (χ4n) is 7.63.